The van der Waals surface area contributed by atoms with Gasteiger partial charge in [-0.3, -0.25) is 9.78 Å². The van der Waals surface area contributed by atoms with Crippen LogP contribution in [0.5, 0.6) is 0 Å². The minimum atomic E-state index is -0.337. The highest BCUT2D eigenvalue weighted by Gasteiger charge is 2.12. The largest absolute Gasteiger partial charge is 0.440 e. The minimum Gasteiger partial charge on any atom is -0.440 e. The molecule has 0 aliphatic carbocycles. The predicted molar refractivity (Wildman–Crippen MR) is 73.4 cm³/mol. The van der Waals surface area contributed by atoms with Crippen molar-refractivity contribution in [3.8, 4) is 0 Å². The highest BCUT2D eigenvalue weighted by molar-refractivity contribution is 6.29. The van der Waals surface area contributed by atoms with E-state index in [4.69, 9.17) is 16.0 Å². The molecule has 19 heavy (non-hydrogen) atoms. The van der Waals surface area contributed by atoms with Gasteiger partial charge in [-0.05, 0) is 35.9 Å². The summed E-state index contributed by atoms with van der Waals surface area (Å²) < 4.78 is 5.07. The first-order valence-corrected chi connectivity index (χ1v) is 6.01. The van der Waals surface area contributed by atoms with Crippen molar-refractivity contribution < 1.29 is 9.21 Å². The maximum Gasteiger partial charge on any atom is 0.291 e. The highest BCUT2D eigenvalue weighted by Crippen LogP contribution is 2.23. The number of fused-ring (bicyclic) bond motifs is 1. The second-order valence-electron chi connectivity index (χ2n) is 3.96. The van der Waals surface area contributed by atoms with E-state index in [1.807, 2.05) is 24.3 Å². The monoisotopic (exact) mass is 272 g/mol. The SMILES string of the molecule is O=C(Nc1cccc2cnccc12)c1ccc(Cl)o1. The van der Waals surface area contributed by atoms with Gasteiger partial charge in [0.1, 0.15) is 0 Å². The van der Waals surface area contributed by atoms with Gasteiger partial charge in [0.05, 0.1) is 0 Å². The summed E-state index contributed by atoms with van der Waals surface area (Å²) in [6, 6.07) is 10.5. The maximum absolute atomic E-state index is 12.0. The molecular weight excluding hydrogens is 264 g/mol. The van der Waals surface area contributed by atoms with E-state index < -0.39 is 0 Å². The molecular formula is C14H9ClN2O2. The van der Waals surface area contributed by atoms with E-state index >= 15 is 0 Å². The first-order chi connectivity index (χ1) is 9.24. The van der Waals surface area contributed by atoms with Crippen molar-refractivity contribution in [3.05, 3.63) is 59.8 Å². The summed E-state index contributed by atoms with van der Waals surface area (Å²) in [5.41, 5.74) is 0.706. The van der Waals surface area contributed by atoms with Crippen molar-refractivity contribution in [2.45, 2.75) is 0 Å². The van der Waals surface area contributed by atoms with Gasteiger partial charge < -0.3 is 9.73 Å². The molecule has 94 valence electrons. The first kappa shape index (κ1) is 11.7. The van der Waals surface area contributed by atoms with Crippen molar-refractivity contribution in [3.63, 3.8) is 0 Å². The number of furan rings is 1. The lowest BCUT2D eigenvalue weighted by Gasteiger charge is -2.06. The van der Waals surface area contributed by atoms with Gasteiger partial charge in [0, 0.05) is 28.9 Å². The molecule has 0 saturated heterocycles. The summed E-state index contributed by atoms with van der Waals surface area (Å²) in [7, 11) is 0. The standard InChI is InChI=1S/C14H9ClN2O2/c15-13-5-4-12(19-13)14(18)17-11-3-1-2-9-8-16-7-6-10(9)11/h1-8H,(H,17,18). The van der Waals surface area contributed by atoms with Crippen molar-refractivity contribution in [1.29, 1.82) is 0 Å². The zero-order valence-electron chi connectivity index (χ0n) is 9.76. The zero-order chi connectivity index (χ0) is 13.2. The molecule has 4 nitrogen and oxygen atoms in total. The fourth-order valence-electron chi connectivity index (χ4n) is 1.85. The van der Waals surface area contributed by atoms with Gasteiger partial charge in [0.2, 0.25) is 0 Å². The summed E-state index contributed by atoms with van der Waals surface area (Å²) in [4.78, 5) is 16.0. The second-order valence-corrected chi connectivity index (χ2v) is 4.33. The van der Waals surface area contributed by atoms with Gasteiger partial charge in [-0.15, -0.1) is 0 Å². The summed E-state index contributed by atoms with van der Waals surface area (Å²) in [5, 5.41) is 4.86. The third-order valence-corrected chi connectivity index (χ3v) is 2.93. The number of pyridine rings is 1. The number of nitrogens with one attached hydrogen (secondary N) is 1. The van der Waals surface area contributed by atoms with Gasteiger partial charge in [-0.2, -0.15) is 0 Å². The Kier molecular flexibility index (Phi) is 2.93. The van der Waals surface area contributed by atoms with Gasteiger partial charge in [0.25, 0.3) is 5.91 Å². The minimum absolute atomic E-state index is 0.177. The Morgan fingerprint density at radius 2 is 2.11 bits per heavy atom. The number of hydrogen-bond acceptors (Lipinski definition) is 3. The molecule has 1 N–H and O–H groups in total. The number of hydrogen-bond donors (Lipinski definition) is 1. The first-order valence-electron chi connectivity index (χ1n) is 5.63. The Bertz CT molecular complexity index is 747. The second kappa shape index (κ2) is 4.74. The molecule has 3 aromatic rings. The van der Waals surface area contributed by atoms with Crippen LogP contribution >= 0.6 is 11.6 Å². The summed E-state index contributed by atoms with van der Waals surface area (Å²) in [6.45, 7) is 0. The van der Waals surface area contributed by atoms with E-state index in [-0.39, 0.29) is 16.9 Å². The van der Waals surface area contributed by atoms with Gasteiger partial charge in [0.15, 0.2) is 11.0 Å². The van der Waals surface area contributed by atoms with E-state index in [0.717, 1.165) is 10.8 Å². The van der Waals surface area contributed by atoms with Crippen LogP contribution in [0.3, 0.4) is 0 Å². The number of nitrogens with zero attached hydrogens (tertiary/aromatic N) is 1. The van der Waals surface area contributed by atoms with Gasteiger partial charge in [-0.25, -0.2) is 0 Å². The Morgan fingerprint density at radius 3 is 2.89 bits per heavy atom. The molecule has 2 heterocycles. The van der Waals surface area contributed by atoms with Crippen LogP contribution in [0.2, 0.25) is 5.22 Å². The Labute approximate surface area is 114 Å². The average Bonchev–Trinajstić information content (AvgIpc) is 2.86. The van der Waals surface area contributed by atoms with E-state index in [2.05, 4.69) is 10.3 Å². The van der Waals surface area contributed by atoms with Crippen molar-refractivity contribution in [2.24, 2.45) is 0 Å². The Morgan fingerprint density at radius 1 is 1.21 bits per heavy atom. The number of rotatable bonds is 2. The van der Waals surface area contributed by atoms with Gasteiger partial charge >= 0.3 is 0 Å². The van der Waals surface area contributed by atoms with Crippen LogP contribution in [0, 0.1) is 0 Å². The summed E-state index contributed by atoms with van der Waals surface area (Å²) in [6.07, 6.45) is 3.43. The van der Waals surface area contributed by atoms with Crippen LogP contribution in [0.25, 0.3) is 10.8 Å². The van der Waals surface area contributed by atoms with E-state index in [0.29, 0.717) is 5.69 Å². The number of anilines is 1. The lowest BCUT2D eigenvalue weighted by atomic mass is 10.1. The molecule has 0 fully saturated rings. The summed E-state index contributed by atoms with van der Waals surface area (Å²) in [5.74, 6) is -0.160. The fourth-order valence-corrected chi connectivity index (χ4v) is 2.00. The fraction of sp³-hybridized carbons (Fsp3) is 0. The number of carbonyl (C=O) groups excluding carboxylic acids is 1. The van der Waals surface area contributed by atoms with Crippen LogP contribution in [0.15, 0.2) is 53.2 Å². The molecule has 2 aromatic heterocycles. The number of amides is 1. The molecule has 0 bridgehead atoms. The topological polar surface area (TPSA) is 55.1 Å². The van der Waals surface area contributed by atoms with E-state index in [1.165, 1.54) is 12.1 Å². The van der Waals surface area contributed by atoms with Crippen molar-refractivity contribution in [2.75, 3.05) is 5.32 Å². The van der Waals surface area contributed by atoms with Crippen molar-refractivity contribution >= 4 is 34.0 Å². The molecule has 5 heteroatoms. The van der Waals surface area contributed by atoms with Gasteiger partial charge in [-0.1, -0.05) is 12.1 Å². The van der Waals surface area contributed by atoms with E-state index in [1.54, 1.807) is 12.4 Å². The Balaban J connectivity index is 1.95. The molecule has 0 atom stereocenters. The van der Waals surface area contributed by atoms with Crippen molar-refractivity contribution in [1.82, 2.24) is 4.98 Å². The quantitative estimate of drug-likeness (QED) is 0.773. The van der Waals surface area contributed by atoms with E-state index in [9.17, 15) is 4.79 Å². The third kappa shape index (κ3) is 2.30. The molecule has 1 aromatic carbocycles. The number of halogens is 1. The molecule has 3 rings (SSSR count). The van der Waals surface area contributed by atoms with Crippen LogP contribution < -0.4 is 5.32 Å². The molecule has 0 aliphatic rings. The summed E-state index contributed by atoms with van der Waals surface area (Å²) >= 11 is 5.65. The molecule has 0 spiro atoms. The molecule has 0 aliphatic heterocycles. The molecule has 1 amide bonds. The number of benzene rings is 1. The van der Waals surface area contributed by atoms with Crippen LogP contribution in [0.1, 0.15) is 10.6 Å². The number of carbonyl (C=O) groups is 1. The normalized spacial score (nSPS) is 10.6. The maximum atomic E-state index is 12.0. The van der Waals surface area contributed by atoms with Crippen LogP contribution in [-0.2, 0) is 0 Å². The Hall–Kier alpha value is -2.33. The molecule has 0 saturated carbocycles. The number of aromatic nitrogens is 1. The zero-order valence-corrected chi connectivity index (χ0v) is 10.5. The van der Waals surface area contributed by atoms with Crippen LogP contribution in [-0.4, -0.2) is 10.9 Å². The lowest BCUT2D eigenvalue weighted by Crippen LogP contribution is -2.11. The smallest absolute Gasteiger partial charge is 0.291 e. The average molecular weight is 273 g/mol. The lowest BCUT2D eigenvalue weighted by molar-refractivity contribution is 0.0997. The predicted octanol–water partition coefficient (Wildman–Crippen LogP) is 3.73. The molecule has 0 radical (unpaired) electrons. The highest BCUT2D eigenvalue weighted by atomic mass is 35.5. The van der Waals surface area contributed by atoms with Crippen LogP contribution in [0.4, 0.5) is 5.69 Å². The molecule has 0 unspecified atom stereocenters. The third-order valence-electron chi connectivity index (χ3n) is 2.73.